The van der Waals surface area contributed by atoms with E-state index in [2.05, 4.69) is 36.8 Å². The summed E-state index contributed by atoms with van der Waals surface area (Å²) in [5.74, 6) is 0.584. The highest BCUT2D eigenvalue weighted by atomic mass is 15.1. The highest BCUT2D eigenvalue weighted by Gasteiger charge is 2.33. The van der Waals surface area contributed by atoms with Gasteiger partial charge in [-0.25, -0.2) is 10.4 Å². The smallest absolute Gasteiger partial charge is 0.0867 e. The van der Waals surface area contributed by atoms with Gasteiger partial charge < -0.3 is 4.90 Å². The summed E-state index contributed by atoms with van der Waals surface area (Å²) in [4.78, 5) is 6.37. The van der Waals surface area contributed by atoms with Crippen molar-refractivity contribution in [2.24, 2.45) is 10.9 Å². The fraction of sp³-hybridized carbons (Fsp3) is 0.889. The third kappa shape index (κ3) is 1.93. The Morgan fingerprint density at radius 1 is 1.58 bits per heavy atom. The van der Waals surface area contributed by atoms with E-state index in [4.69, 9.17) is 5.41 Å². The van der Waals surface area contributed by atoms with Crippen LogP contribution in [0, 0.1) is 11.3 Å². The Hall–Kier alpha value is -0.660. The van der Waals surface area contributed by atoms with E-state index in [1.807, 2.05) is 0 Å². The molecule has 3 heteroatoms. The predicted molar refractivity (Wildman–Crippen MR) is 49.8 cm³/mol. The molecule has 0 aliphatic carbocycles. The molecule has 0 aromatic heterocycles. The summed E-state index contributed by atoms with van der Waals surface area (Å²) in [5, 5.41) is 6.84. The number of rotatable bonds is 2. The molecule has 1 aliphatic rings. The van der Waals surface area contributed by atoms with Gasteiger partial charge in [-0.3, -0.25) is 0 Å². The normalized spacial score (nSPS) is 25.4. The van der Waals surface area contributed by atoms with E-state index in [-0.39, 0.29) is 5.54 Å². The van der Waals surface area contributed by atoms with Gasteiger partial charge in [0.25, 0.3) is 0 Å². The molecular weight excluding hydrogens is 150 g/mol. The molecule has 12 heavy (non-hydrogen) atoms. The summed E-state index contributed by atoms with van der Waals surface area (Å²) in [6, 6.07) is 2.16. The first kappa shape index (κ1) is 9.43. The van der Waals surface area contributed by atoms with Gasteiger partial charge in [-0.15, -0.1) is 0 Å². The van der Waals surface area contributed by atoms with Crippen LogP contribution in [0.4, 0.5) is 0 Å². The monoisotopic (exact) mass is 167 g/mol. The van der Waals surface area contributed by atoms with Crippen LogP contribution in [0.15, 0.2) is 4.99 Å². The van der Waals surface area contributed by atoms with E-state index < -0.39 is 0 Å². The van der Waals surface area contributed by atoms with Crippen LogP contribution in [-0.4, -0.2) is 36.6 Å². The van der Waals surface area contributed by atoms with E-state index in [0.29, 0.717) is 5.92 Å². The first-order valence-corrected chi connectivity index (χ1v) is 4.38. The number of nitrogens with zero attached hydrogens (tertiary/aromatic N) is 2. The molecule has 0 saturated carbocycles. The van der Waals surface area contributed by atoms with Gasteiger partial charge in [0.15, 0.2) is 0 Å². The van der Waals surface area contributed by atoms with Crippen molar-refractivity contribution in [3.8, 4) is 0 Å². The van der Waals surface area contributed by atoms with Crippen molar-refractivity contribution in [3.05, 3.63) is 0 Å². The molecule has 68 valence electrons. The summed E-state index contributed by atoms with van der Waals surface area (Å²) in [6.07, 6.45) is 1.19. The van der Waals surface area contributed by atoms with E-state index in [9.17, 15) is 0 Å². The van der Waals surface area contributed by atoms with Crippen molar-refractivity contribution in [1.29, 1.82) is 5.41 Å². The number of aliphatic imine (C=N–C) groups is 1. The fourth-order valence-corrected chi connectivity index (χ4v) is 1.75. The van der Waals surface area contributed by atoms with Crippen LogP contribution in [0.2, 0.25) is 0 Å². The zero-order chi connectivity index (χ0) is 9.19. The van der Waals surface area contributed by atoms with Gasteiger partial charge in [-0.2, -0.15) is 0 Å². The summed E-state index contributed by atoms with van der Waals surface area (Å²) < 4.78 is 0. The van der Waals surface area contributed by atoms with Crippen LogP contribution in [-0.2, 0) is 0 Å². The van der Waals surface area contributed by atoms with E-state index in [1.54, 1.807) is 0 Å². The molecule has 1 unspecified atom stereocenters. The van der Waals surface area contributed by atoms with Crippen molar-refractivity contribution in [3.63, 3.8) is 0 Å². The van der Waals surface area contributed by atoms with Crippen molar-refractivity contribution >= 4 is 6.01 Å². The van der Waals surface area contributed by atoms with Crippen molar-refractivity contribution < 1.29 is 0 Å². The molecular formula is C9H17N3. The minimum atomic E-state index is -0.105. The van der Waals surface area contributed by atoms with Gasteiger partial charge in [0.1, 0.15) is 0 Å². The van der Waals surface area contributed by atoms with Gasteiger partial charge in [0.05, 0.1) is 11.5 Å². The maximum absolute atomic E-state index is 6.84. The van der Waals surface area contributed by atoms with Crippen LogP contribution in [0.5, 0.6) is 0 Å². The Morgan fingerprint density at radius 3 is 2.67 bits per heavy atom. The largest absolute Gasteiger partial charge is 0.306 e. The molecule has 0 radical (unpaired) electrons. The minimum Gasteiger partial charge on any atom is -0.306 e. The summed E-state index contributed by atoms with van der Waals surface area (Å²) in [6.45, 7) is 6.41. The molecule has 1 atom stereocenters. The molecule has 0 aromatic rings. The van der Waals surface area contributed by atoms with Gasteiger partial charge in [-0.05, 0) is 39.8 Å². The predicted octanol–water partition coefficient (Wildman–Crippen LogP) is 1.47. The van der Waals surface area contributed by atoms with Gasteiger partial charge in [0, 0.05) is 6.54 Å². The Bertz CT molecular complexity index is 204. The molecule has 0 amide bonds. The van der Waals surface area contributed by atoms with Crippen LogP contribution in [0.1, 0.15) is 20.3 Å². The highest BCUT2D eigenvalue weighted by molar-refractivity contribution is 5.37. The maximum atomic E-state index is 6.84. The summed E-state index contributed by atoms with van der Waals surface area (Å²) in [5.41, 5.74) is -0.105. The lowest BCUT2D eigenvalue weighted by molar-refractivity contribution is 0.313. The van der Waals surface area contributed by atoms with Crippen LogP contribution >= 0.6 is 0 Å². The topological polar surface area (TPSA) is 39.5 Å². The quantitative estimate of drug-likeness (QED) is 0.621. The standard InChI is InChI=1S/C9H17N3/c1-9(2,11-7-10)8-4-5-12(3)6-8/h8,10H,4-6H2,1-3H3. The molecule has 0 bridgehead atoms. The van der Waals surface area contributed by atoms with E-state index in [0.717, 1.165) is 13.1 Å². The average Bonchev–Trinajstić information content (AvgIpc) is 2.36. The Balaban J connectivity index is 2.63. The number of likely N-dealkylation sites (tertiary alicyclic amines) is 1. The highest BCUT2D eigenvalue weighted by Crippen LogP contribution is 2.28. The van der Waals surface area contributed by atoms with Crippen molar-refractivity contribution in [2.75, 3.05) is 20.1 Å². The SMILES string of the molecule is CN1CCC(C(C)(C)N=C=N)C1. The molecule has 3 nitrogen and oxygen atoms in total. The lowest BCUT2D eigenvalue weighted by Crippen LogP contribution is -2.30. The van der Waals surface area contributed by atoms with E-state index >= 15 is 0 Å². The summed E-state index contributed by atoms with van der Waals surface area (Å²) in [7, 11) is 2.13. The Kier molecular flexibility index (Phi) is 2.65. The lowest BCUT2D eigenvalue weighted by Gasteiger charge is -2.25. The molecule has 0 spiro atoms. The zero-order valence-corrected chi connectivity index (χ0v) is 8.09. The third-order valence-electron chi connectivity index (χ3n) is 2.73. The Morgan fingerprint density at radius 2 is 2.25 bits per heavy atom. The molecule has 1 fully saturated rings. The van der Waals surface area contributed by atoms with Gasteiger partial charge >= 0.3 is 0 Å². The fourth-order valence-electron chi connectivity index (χ4n) is 1.75. The maximum Gasteiger partial charge on any atom is 0.0867 e. The van der Waals surface area contributed by atoms with Crippen LogP contribution in [0.3, 0.4) is 0 Å². The molecule has 1 heterocycles. The van der Waals surface area contributed by atoms with Gasteiger partial charge in [-0.1, -0.05) is 0 Å². The van der Waals surface area contributed by atoms with Crippen molar-refractivity contribution in [2.45, 2.75) is 25.8 Å². The average molecular weight is 167 g/mol. The number of hydrogen-bond acceptors (Lipinski definition) is 3. The molecule has 1 aliphatic heterocycles. The Labute approximate surface area is 74.0 Å². The van der Waals surface area contributed by atoms with Crippen LogP contribution < -0.4 is 0 Å². The van der Waals surface area contributed by atoms with Crippen molar-refractivity contribution in [1.82, 2.24) is 4.90 Å². The van der Waals surface area contributed by atoms with Gasteiger partial charge in [0.2, 0.25) is 0 Å². The molecule has 0 aromatic carbocycles. The molecule has 1 saturated heterocycles. The second-order valence-corrected chi connectivity index (χ2v) is 4.13. The lowest BCUT2D eigenvalue weighted by atomic mass is 9.87. The summed E-state index contributed by atoms with van der Waals surface area (Å²) >= 11 is 0. The minimum absolute atomic E-state index is 0.105. The number of nitrogens with one attached hydrogen (secondary N) is 1. The second-order valence-electron chi connectivity index (χ2n) is 4.13. The zero-order valence-electron chi connectivity index (χ0n) is 8.09. The molecule has 1 rings (SSSR count). The van der Waals surface area contributed by atoms with E-state index in [1.165, 1.54) is 6.42 Å². The second kappa shape index (κ2) is 3.38. The number of hydrogen-bond donors (Lipinski definition) is 1. The third-order valence-corrected chi connectivity index (χ3v) is 2.73. The molecule has 1 N–H and O–H groups in total. The first-order valence-electron chi connectivity index (χ1n) is 4.38. The van der Waals surface area contributed by atoms with Crippen LogP contribution in [0.25, 0.3) is 0 Å². The first-order chi connectivity index (χ1) is 5.56.